The van der Waals surface area contributed by atoms with E-state index in [1.54, 1.807) is 11.8 Å². The third-order valence-corrected chi connectivity index (χ3v) is 4.66. The van der Waals surface area contributed by atoms with Crippen LogP contribution in [0.1, 0.15) is 27.2 Å². The van der Waals surface area contributed by atoms with Crippen LogP contribution in [0.25, 0.3) is 0 Å². The van der Waals surface area contributed by atoms with Crippen molar-refractivity contribution in [1.29, 1.82) is 0 Å². The fraction of sp³-hybridized carbons (Fsp3) is 0.500. The second-order valence-corrected chi connectivity index (χ2v) is 7.72. The topological polar surface area (TPSA) is 24.4 Å². The predicted octanol–water partition coefficient (Wildman–Crippen LogP) is 5.45. The Morgan fingerprint density at radius 1 is 1.30 bits per heavy atom. The molecule has 6 heteroatoms. The van der Waals surface area contributed by atoms with E-state index in [4.69, 9.17) is 28.2 Å². The molecule has 0 bridgehead atoms. The molecule has 20 heavy (non-hydrogen) atoms. The summed E-state index contributed by atoms with van der Waals surface area (Å²) in [5.74, 6) is 0.542. The lowest BCUT2D eigenvalue weighted by molar-refractivity contribution is 0.316. The van der Waals surface area contributed by atoms with Crippen LogP contribution in [-0.2, 0) is 0 Å². The summed E-state index contributed by atoms with van der Waals surface area (Å²) in [5.41, 5.74) is 0.625. The molecule has 0 spiro atoms. The Morgan fingerprint density at radius 3 is 2.45 bits per heavy atom. The van der Waals surface area contributed by atoms with Crippen LogP contribution in [0.4, 0.5) is 10.1 Å². The largest absolute Gasteiger partial charge is 0.333 e. The number of rotatable bonds is 1. The SMILES string of the molecule is CC(C)(C)C1CCSC(Nc2c(Cl)cc(F)cc2Cl)=N1. The number of thioether (sulfide) groups is 1. The number of hydrogen-bond donors (Lipinski definition) is 1. The fourth-order valence-electron chi connectivity index (χ4n) is 1.97. The van der Waals surface area contributed by atoms with Gasteiger partial charge in [0.15, 0.2) is 5.17 Å². The first kappa shape index (κ1) is 15.9. The van der Waals surface area contributed by atoms with Crippen LogP contribution in [0.15, 0.2) is 17.1 Å². The molecule has 0 saturated carbocycles. The molecule has 1 aromatic carbocycles. The molecule has 0 fully saturated rings. The van der Waals surface area contributed by atoms with Crippen molar-refractivity contribution in [2.24, 2.45) is 10.4 Å². The van der Waals surface area contributed by atoms with Gasteiger partial charge in [-0.25, -0.2) is 4.39 Å². The van der Waals surface area contributed by atoms with Crippen molar-refractivity contribution in [2.75, 3.05) is 11.1 Å². The second-order valence-electron chi connectivity index (χ2n) is 5.82. The zero-order chi connectivity index (χ0) is 14.9. The van der Waals surface area contributed by atoms with Gasteiger partial charge in [-0.1, -0.05) is 55.7 Å². The highest BCUT2D eigenvalue weighted by Gasteiger charge is 2.27. The van der Waals surface area contributed by atoms with Gasteiger partial charge < -0.3 is 5.32 Å². The minimum absolute atomic E-state index is 0.115. The van der Waals surface area contributed by atoms with Gasteiger partial charge in [0.05, 0.1) is 21.8 Å². The zero-order valence-corrected chi connectivity index (χ0v) is 14.0. The van der Waals surface area contributed by atoms with Gasteiger partial charge in [-0.15, -0.1) is 0 Å². The standard InChI is InChI=1S/C14H17Cl2FN2S/c1-14(2,3)11-4-5-20-13(18-11)19-12-9(15)6-8(17)7-10(12)16/h6-7,11H,4-5H2,1-3H3,(H,18,19). The van der Waals surface area contributed by atoms with Crippen LogP contribution in [0.3, 0.4) is 0 Å². The van der Waals surface area contributed by atoms with Gasteiger partial charge in [0.25, 0.3) is 0 Å². The predicted molar refractivity (Wildman–Crippen MR) is 87.8 cm³/mol. The monoisotopic (exact) mass is 334 g/mol. The summed E-state index contributed by atoms with van der Waals surface area (Å²) < 4.78 is 13.2. The Morgan fingerprint density at radius 2 is 1.90 bits per heavy atom. The van der Waals surface area contributed by atoms with Gasteiger partial charge in [-0.05, 0) is 24.0 Å². The van der Waals surface area contributed by atoms with E-state index in [-0.39, 0.29) is 21.5 Å². The van der Waals surface area contributed by atoms with Crippen molar-refractivity contribution >= 4 is 45.8 Å². The zero-order valence-electron chi connectivity index (χ0n) is 11.6. The van der Waals surface area contributed by atoms with E-state index in [9.17, 15) is 4.39 Å². The van der Waals surface area contributed by atoms with Gasteiger partial charge in [0, 0.05) is 5.75 Å². The summed E-state index contributed by atoms with van der Waals surface area (Å²) in [7, 11) is 0. The number of amidine groups is 1. The van der Waals surface area contributed by atoms with Crippen LogP contribution < -0.4 is 5.32 Å². The summed E-state index contributed by atoms with van der Waals surface area (Å²) in [6, 6.07) is 2.74. The van der Waals surface area contributed by atoms with E-state index in [2.05, 4.69) is 26.1 Å². The summed E-state index contributed by atoms with van der Waals surface area (Å²) in [4.78, 5) is 4.71. The Hall–Kier alpha value is -0.450. The van der Waals surface area contributed by atoms with Crippen molar-refractivity contribution in [1.82, 2.24) is 0 Å². The molecule has 1 unspecified atom stereocenters. The number of halogens is 3. The molecular weight excluding hydrogens is 318 g/mol. The summed E-state index contributed by atoms with van der Waals surface area (Å²) in [6.45, 7) is 6.52. The molecule has 2 nitrogen and oxygen atoms in total. The molecule has 110 valence electrons. The maximum Gasteiger partial charge on any atom is 0.161 e. The molecule has 1 aliphatic rings. The lowest BCUT2D eigenvalue weighted by Crippen LogP contribution is -2.30. The van der Waals surface area contributed by atoms with Gasteiger partial charge in [-0.2, -0.15) is 0 Å². The van der Waals surface area contributed by atoms with Crippen LogP contribution in [0.2, 0.25) is 10.0 Å². The van der Waals surface area contributed by atoms with Crippen molar-refractivity contribution < 1.29 is 4.39 Å². The number of anilines is 1. The molecule has 2 rings (SSSR count). The Balaban J connectivity index is 2.24. The van der Waals surface area contributed by atoms with Crippen molar-refractivity contribution in [2.45, 2.75) is 33.2 Å². The molecule has 0 aromatic heterocycles. The number of benzene rings is 1. The first-order chi connectivity index (χ1) is 9.27. The second kappa shape index (κ2) is 6.12. The van der Waals surface area contributed by atoms with Crippen LogP contribution in [0, 0.1) is 11.2 Å². The minimum atomic E-state index is -0.448. The number of aliphatic imine (C=N–C) groups is 1. The maximum absolute atomic E-state index is 13.2. The Bertz CT molecular complexity index is 517. The van der Waals surface area contributed by atoms with Gasteiger partial charge in [-0.3, -0.25) is 4.99 Å². The molecule has 0 amide bonds. The lowest BCUT2D eigenvalue weighted by Gasteiger charge is -2.31. The normalized spacial score (nSPS) is 19.7. The molecule has 1 heterocycles. The molecule has 0 saturated heterocycles. The van der Waals surface area contributed by atoms with E-state index in [0.717, 1.165) is 17.3 Å². The Kier molecular flexibility index (Phi) is 4.88. The van der Waals surface area contributed by atoms with E-state index in [1.165, 1.54) is 12.1 Å². The van der Waals surface area contributed by atoms with E-state index in [0.29, 0.717) is 5.69 Å². The lowest BCUT2D eigenvalue weighted by atomic mass is 9.85. The van der Waals surface area contributed by atoms with Crippen LogP contribution >= 0.6 is 35.0 Å². The third kappa shape index (κ3) is 3.80. The minimum Gasteiger partial charge on any atom is -0.333 e. The van der Waals surface area contributed by atoms with Crippen molar-refractivity contribution in [3.05, 3.63) is 28.0 Å². The fourth-order valence-corrected chi connectivity index (χ4v) is 3.44. The molecule has 1 aromatic rings. The first-order valence-corrected chi connectivity index (χ1v) is 8.13. The van der Waals surface area contributed by atoms with E-state index >= 15 is 0 Å². The smallest absolute Gasteiger partial charge is 0.161 e. The molecular formula is C14H17Cl2FN2S. The highest BCUT2D eigenvalue weighted by atomic mass is 35.5. The van der Waals surface area contributed by atoms with E-state index in [1.807, 2.05) is 0 Å². The Labute approximate surface area is 133 Å². The molecule has 0 aliphatic carbocycles. The van der Waals surface area contributed by atoms with Gasteiger partial charge >= 0.3 is 0 Å². The van der Waals surface area contributed by atoms with Gasteiger partial charge in [0.2, 0.25) is 0 Å². The molecule has 1 N–H and O–H groups in total. The van der Waals surface area contributed by atoms with Crippen molar-refractivity contribution in [3.8, 4) is 0 Å². The molecule has 0 radical (unpaired) electrons. The van der Waals surface area contributed by atoms with Gasteiger partial charge in [0.1, 0.15) is 5.82 Å². The maximum atomic E-state index is 13.2. The first-order valence-electron chi connectivity index (χ1n) is 6.39. The quantitative estimate of drug-likeness (QED) is 0.738. The average Bonchev–Trinajstić information content (AvgIpc) is 2.33. The third-order valence-electron chi connectivity index (χ3n) is 3.14. The average molecular weight is 335 g/mol. The summed E-state index contributed by atoms with van der Waals surface area (Å²) >= 11 is 13.7. The number of hydrogen-bond acceptors (Lipinski definition) is 3. The van der Waals surface area contributed by atoms with E-state index < -0.39 is 5.82 Å². The highest BCUT2D eigenvalue weighted by Crippen LogP contribution is 2.35. The van der Waals surface area contributed by atoms with Crippen LogP contribution in [0.5, 0.6) is 0 Å². The summed E-state index contributed by atoms with van der Waals surface area (Å²) in [5, 5.41) is 4.43. The molecule has 1 aliphatic heterocycles. The van der Waals surface area contributed by atoms with Crippen molar-refractivity contribution in [3.63, 3.8) is 0 Å². The summed E-state index contributed by atoms with van der Waals surface area (Å²) in [6.07, 6.45) is 1.05. The van der Waals surface area contributed by atoms with Crippen LogP contribution in [-0.4, -0.2) is 17.0 Å². The molecule has 1 atom stereocenters. The number of nitrogens with zero attached hydrogens (tertiary/aromatic N) is 1. The highest BCUT2D eigenvalue weighted by molar-refractivity contribution is 8.14. The number of nitrogens with one attached hydrogen (secondary N) is 1.